The van der Waals surface area contributed by atoms with Gasteiger partial charge in [0.25, 0.3) is 0 Å². The Morgan fingerprint density at radius 3 is 2.47 bits per heavy atom. The van der Waals surface area contributed by atoms with Crippen molar-refractivity contribution in [3.8, 4) is 11.5 Å². The highest BCUT2D eigenvalue weighted by molar-refractivity contribution is 5.43. The molecule has 2 aromatic rings. The maximum absolute atomic E-state index is 13.7. The van der Waals surface area contributed by atoms with E-state index in [0.717, 1.165) is 30.8 Å². The Bertz CT molecular complexity index is 842. The molecule has 3 rings (SSSR count). The molecule has 176 valence electrons. The van der Waals surface area contributed by atoms with E-state index in [1.807, 2.05) is 12.1 Å². The number of aliphatic hydroxyl groups excluding tert-OH is 1. The molecule has 0 amide bonds. The van der Waals surface area contributed by atoms with Crippen LogP contribution in [0.3, 0.4) is 0 Å². The number of halogens is 2. The second-order valence-corrected chi connectivity index (χ2v) is 8.36. The molecule has 1 atom stereocenters. The third kappa shape index (κ3) is 7.73. The Labute approximate surface area is 189 Å². The third-order valence-electron chi connectivity index (χ3n) is 5.73. The number of β-amino-alcohol motifs (C(OH)–C–C–N with tert-alkyl or cyclic N) is 1. The molecule has 0 saturated carbocycles. The van der Waals surface area contributed by atoms with Crippen LogP contribution in [0.1, 0.15) is 43.2 Å². The summed E-state index contributed by atoms with van der Waals surface area (Å²) in [6.45, 7) is 3.55. The van der Waals surface area contributed by atoms with Gasteiger partial charge >= 0.3 is 0 Å². The summed E-state index contributed by atoms with van der Waals surface area (Å²) in [5, 5.41) is 13.5. The quantitative estimate of drug-likeness (QED) is 0.569. The predicted molar refractivity (Wildman–Crippen MR) is 121 cm³/mol. The summed E-state index contributed by atoms with van der Waals surface area (Å²) in [6.07, 6.45) is 5.64. The molecule has 0 aromatic heterocycles. The zero-order valence-corrected chi connectivity index (χ0v) is 18.8. The summed E-state index contributed by atoms with van der Waals surface area (Å²) in [5.41, 5.74) is 1.21. The monoisotopic (exact) mass is 448 g/mol. The Kier molecular flexibility index (Phi) is 9.71. The summed E-state index contributed by atoms with van der Waals surface area (Å²) < 4.78 is 38.3. The van der Waals surface area contributed by atoms with Crippen molar-refractivity contribution in [3.05, 3.63) is 59.2 Å². The number of nitrogens with zero attached hydrogens (tertiary/aromatic N) is 1. The third-order valence-corrected chi connectivity index (χ3v) is 5.73. The minimum atomic E-state index is -0.568. The highest BCUT2D eigenvalue weighted by atomic mass is 19.1. The van der Waals surface area contributed by atoms with Gasteiger partial charge in [0, 0.05) is 25.2 Å². The minimum absolute atomic E-state index is 0.198. The second-order valence-electron chi connectivity index (χ2n) is 8.36. The van der Waals surface area contributed by atoms with Gasteiger partial charge in [0.15, 0.2) is 11.5 Å². The Hall–Kier alpha value is -2.22. The average molecular weight is 449 g/mol. The molecule has 1 unspecified atom stereocenters. The van der Waals surface area contributed by atoms with Crippen molar-refractivity contribution in [1.29, 1.82) is 0 Å². The van der Waals surface area contributed by atoms with E-state index in [4.69, 9.17) is 9.47 Å². The molecule has 5 nitrogen and oxygen atoms in total. The van der Waals surface area contributed by atoms with Crippen LogP contribution in [0.4, 0.5) is 8.78 Å². The summed E-state index contributed by atoms with van der Waals surface area (Å²) in [6, 6.07) is 8.96. The van der Waals surface area contributed by atoms with Crippen LogP contribution in [0.25, 0.3) is 0 Å². The van der Waals surface area contributed by atoms with E-state index in [1.54, 1.807) is 13.2 Å². The highest BCUT2D eigenvalue weighted by Gasteiger charge is 2.15. The number of methoxy groups -OCH3 is 1. The molecule has 1 aliphatic heterocycles. The van der Waals surface area contributed by atoms with E-state index in [-0.39, 0.29) is 18.7 Å². The van der Waals surface area contributed by atoms with Crippen molar-refractivity contribution < 1.29 is 23.4 Å². The largest absolute Gasteiger partial charge is 0.493 e. The van der Waals surface area contributed by atoms with Crippen molar-refractivity contribution in [1.82, 2.24) is 10.2 Å². The van der Waals surface area contributed by atoms with Crippen LogP contribution in [0, 0.1) is 11.6 Å². The SMILES string of the molecule is COc1cc(CNCc2cc(F)ccc2F)ccc1OCC(O)CN1CCCCCCC1. The molecule has 0 bridgehead atoms. The molecule has 1 fully saturated rings. The van der Waals surface area contributed by atoms with E-state index in [9.17, 15) is 13.9 Å². The summed E-state index contributed by atoms with van der Waals surface area (Å²) in [5.74, 6) is 0.244. The van der Waals surface area contributed by atoms with Crippen LogP contribution in [0.2, 0.25) is 0 Å². The first-order valence-corrected chi connectivity index (χ1v) is 11.4. The summed E-state index contributed by atoms with van der Waals surface area (Å²) in [7, 11) is 1.57. The maximum Gasteiger partial charge on any atom is 0.161 e. The Morgan fingerprint density at radius 1 is 0.969 bits per heavy atom. The van der Waals surface area contributed by atoms with Gasteiger partial charge in [-0.1, -0.05) is 25.3 Å². The fourth-order valence-corrected chi connectivity index (χ4v) is 3.99. The molecule has 7 heteroatoms. The topological polar surface area (TPSA) is 54.0 Å². The molecule has 0 spiro atoms. The van der Waals surface area contributed by atoms with E-state index in [0.29, 0.717) is 24.6 Å². The number of rotatable bonds is 10. The molecule has 0 aliphatic carbocycles. The van der Waals surface area contributed by atoms with E-state index >= 15 is 0 Å². The fraction of sp³-hybridized carbons (Fsp3) is 0.520. The van der Waals surface area contributed by atoms with Crippen molar-refractivity contribution in [2.45, 2.75) is 51.3 Å². The van der Waals surface area contributed by atoms with Crippen LogP contribution in [-0.4, -0.2) is 49.5 Å². The second kappa shape index (κ2) is 12.7. The van der Waals surface area contributed by atoms with Gasteiger partial charge in [-0.25, -0.2) is 8.78 Å². The number of hydrogen-bond acceptors (Lipinski definition) is 5. The summed E-state index contributed by atoms with van der Waals surface area (Å²) in [4.78, 5) is 2.32. The van der Waals surface area contributed by atoms with Gasteiger partial charge in [-0.15, -0.1) is 0 Å². The van der Waals surface area contributed by atoms with Crippen LogP contribution < -0.4 is 14.8 Å². The van der Waals surface area contributed by atoms with Crippen LogP contribution in [0.15, 0.2) is 36.4 Å². The highest BCUT2D eigenvalue weighted by Crippen LogP contribution is 2.28. The Morgan fingerprint density at radius 2 is 1.72 bits per heavy atom. The van der Waals surface area contributed by atoms with Gasteiger partial charge in [0.2, 0.25) is 0 Å². The first-order valence-electron chi connectivity index (χ1n) is 11.4. The van der Waals surface area contributed by atoms with Crippen molar-refractivity contribution >= 4 is 0 Å². The Balaban J connectivity index is 1.48. The van der Waals surface area contributed by atoms with E-state index in [2.05, 4.69) is 10.2 Å². The van der Waals surface area contributed by atoms with Gasteiger partial charge in [-0.3, -0.25) is 0 Å². The molecule has 2 aromatic carbocycles. The molecule has 1 aliphatic rings. The molecule has 1 heterocycles. The number of benzene rings is 2. The molecular formula is C25H34F2N2O3. The molecule has 32 heavy (non-hydrogen) atoms. The van der Waals surface area contributed by atoms with Gasteiger partial charge in [-0.05, 0) is 61.8 Å². The lowest BCUT2D eigenvalue weighted by Gasteiger charge is -2.26. The lowest BCUT2D eigenvalue weighted by molar-refractivity contribution is 0.0645. The van der Waals surface area contributed by atoms with Crippen LogP contribution in [0.5, 0.6) is 11.5 Å². The number of aliphatic hydroxyl groups is 1. The van der Waals surface area contributed by atoms with Gasteiger partial charge in [0.1, 0.15) is 24.3 Å². The van der Waals surface area contributed by atoms with E-state index in [1.165, 1.54) is 38.2 Å². The number of nitrogens with one attached hydrogen (secondary N) is 1. The number of ether oxygens (including phenoxy) is 2. The molecule has 1 saturated heterocycles. The normalized spacial score (nSPS) is 16.2. The van der Waals surface area contributed by atoms with Crippen molar-refractivity contribution in [3.63, 3.8) is 0 Å². The first-order chi connectivity index (χ1) is 15.5. The molecular weight excluding hydrogens is 414 g/mol. The predicted octanol–water partition coefficient (Wildman–Crippen LogP) is 4.27. The number of likely N-dealkylation sites (tertiary alicyclic amines) is 1. The fourth-order valence-electron chi connectivity index (χ4n) is 3.99. The lowest BCUT2D eigenvalue weighted by atomic mass is 10.1. The van der Waals surface area contributed by atoms with E-state index < -0.39 is 17.7 Å². The van der Waals surface area contributed by atoms with Crippen molar-refractivity contribution in [2.75, 3.05) is 33.4 Å². The zero-order valence-electron chi connectivity index (χ0n) is 18.8. The molecule has 0 radical (unpaired) electrons. The van der Waals surface area contributed by atoms with Gasteiger partial charge < -0.3 is 24.8 Å². The van der Waals surface area contributed by atoms with Gasteiger partial charge in [0.05, 0.1) is 7.11 Å². The standard InChI is InChI=1S/C25H34F2N2O3/c1-31-25-13-19(15-28-16-20-14-21(26)8-9-23(20)27)7-10-24(25)32-18-22(30)17-29-11-5-3-2-4-6-12-29/h7-10,13-14,22,28,30H,2-6,11-12,15-18H2,1H3. The average Bonchev–Trinajstić information content (AvgIpc) is 2.76. The maximum atomic E-state index is 13.7. The smallest absolute Gasteiger partial charge is 0.161 e. The minimum Gasteiger partial charge on any atom is -0.493 e. The van der Waals surface area contributed by atoms with Crippen LogP contribution >= 0.6 is 0 Å². The zero-order chi connectivity index (χ0) is 22.8. The first kappa shape index (κ1) is 24.4. The molecule has 2 N–H and O–H groups in total. The lowest BCUT2D eigenvalue weighted by Crippen LogP contribution is -2.37. The van der Waals surface area contributed by atoms with Crippen LogP contribution in [-0.2, 0) is 13.1 Å². The summed E-state index contributed by atoms with van der Waals surface area (Å²) >= 11 is 0. The number of hydrogen-bond donors (Lipinski definition) is 2. The van der Waals surface area contributed by atoms with Crippen molar-refractivity contribution in [2.24, 2.45) is 0 Å². The van der Waals surface area contributed by atoms with Gasteiger partial charge in [-0.2, -0.15) is 0 Å².